The van der Waals surface area contributed by atoms with Gasteiger partial charge in [-0.1, -0.05) is 12.2 Å². The van der Waals surface area contributed by atoms with Crippen LogP contribution in [-0.2, 0) is 0 Å². The molecule has 14 aromatic rings. The second-order valence-corrected chi connectivity index (χ2v) is 14.8. The number of hydrogen-bond acceptors (Lipinski definition) is 27. The Bertz CT molecular complexity index is 4200. The number of imidazole rings is 7. The molecule has 0 bridgehead atoms. The number of rotatable bonds is 2. The normalized spacial score (nSPS) is 10.4. The SMILES string of the molecule is CN(C)c1ncnc2nc[nH]c12.CNc1ncnc2nc[nH]c12.Nc1nc(=S)c2[nH]cnc2[nH]1.Nc1nc2nc[nH]c2c(=O)[nH]1.Nc1ncc2[nH]cnc2n1.Nc1ncnc2nc[nH]c12.O=c1[nH]cnc2nc[nH]c12. The number of nitrogen functional groups attached to an aromatic ring is 4. The van der Waals surface area contributed by atoms with E-state index in [-0.39, 0.29) is 29.0 Å². The van der Waals surface area contributed by atoms with Gasteiger partial charge in [0.15, 0.2) is 72.7 Å². The first-order valence-electron chi connectivity index (χ1n) is 21.1. The molecule has 14 rings (SSSR count). The minimum Gasteiger partial charge on any atom is -0.382 e. The Morgan fingerprint density at radius 2 is 0.973 bits per heavy atom. The molecule has 0 unspecified atom stereocenters. The van der Waals surface area contributed by atoms with Crippen molar-refractivity contribution in [2.45, 2.75) is 0 Å². The van der Waals surface area contributed by atoms with Crippen molar-refractivity contribution in [1.82, 2.24) is 140 Å². The zero-order valence-corrected chi connectivity index (χ0v) is 39.8. The number of nitrogens with one attached hydrogen (secondary N) is 11. The summed E-state index contributed by atoms with van der Waals surface area (Å²) in [5, 5.41) is 2.93. The number of fused-ring (bicyclic) bond motifs is 7. The largest absolute Gasteiger partial charge is 0.382 e. The quantitative estimate of drug-likeness (QED) is 0.103. The first-order chi connectivity index (χ1) is 36.4. The van der Waals surface area contributed by atoms with Crippen molar-refractivity contribution in [3.05, 3.63) is 101 Å². The number of aromatic nitrogens is 28. The zero-order valence-electron chi connectivity index (χ0n) is 39.0. The summed E-state index contributed by atoms with van der Waals surface area (Å²) >= 11 is 4.91. The number of aromatic amines is 10. The molecule has 0 spiro atoms. The molecule has 36 nitrogen and oxygen atoms in total. The summed E-state index contributed by atoms with van der Waals surface area (Å²) in [6, 6.07) is 0. The first kappa shape index (κ1) is 49.9. The van der Waals surface area contributed by atoms with Crippen LogP contribution in [0.3, 0.4) is 0 Å². The first-order valence-corrected chi connectivity index (χ1v) is 21.5. The van der Waals surface area contributed by atoms with Crippen molar-refractivity contribution in [3.8, 4) is 0 Å². The molecule has 14 aromatic heterocycles. The molecule has 0 radical (unpaired) electrons. The van der Waals surface area contributed by atoms with E-state index >= 15 is 0 Å². The predicted molar refractivity (Wildman–Crippen MR) is 276 cm³/mol. The number of H-pyrrole nitrogens is 10. The van der Waals surface area contributed by atoms with Crippen LogP contribution in [0.1, 0.15) is 0 Å². The maximum absolute atomic E-state index is 11.0. The number of hydrogen-bond donors (Lipinski definition) is 15. The molecule has 380 valence electrons. The fourth-order valence-corrected chi connectivity index (χ4v) is 6.34. The summed E-state index contributed by atoms with van der Waals surface area (Å²) in [6.07, 6.45) is 18.0. The molecule has 0 aliphatic carbocycles. The predicted octanol–water partition coefficient (Wildman–Crippen LogP) is 0.156. The molecule has 0 aliphatic rings. The second kappa shape index (κ2) is 22.9. The van der Waals surface area contributed by atoms with Crippen LogP contribution in [0.5, 0.6) is 0 Å². The third-order valence-corrected chi connectivity index (χ3v) is 9.69. The second-order valence-electron chi connectivity index (χ2n) is 14.4. The fraction of sp³-hybridized carbons (Fsp3) is 0.0789. The molecule has 37 heteroatoms. The van der Waals surface area contributed by atoms with Crippen molar-refractivity contribution in [3.63, 3.8) is 0 Å². The lowest BCUT2D eigenvalue weighted by molar-refractivity contribution is 1.06. The lowest BCUT2D eigenvalue weighted by Gasteiger charge is -2.10. The Hall–Kier alpha value is -11.5. The molecule has 19 N–H and O–H groups in total. The fourth-order valence-electron chi connectivity index (χ4n) is 6.08. The van der Waals surface area contributed by atoms with Crippen LogP contribution in [0.4, 0.5) is 35.3 Å². The molecule has 0 aromatic carbocycles. The van der Waals surface area contributed by atoms with Crippen LogP contribution >= 0.6 is 12.2 Å². The average molecular weight is 1040 g/mol. The molecule has 0 saturated carbocycles. The van der Waals surface area contributed by atoms with Gasteiger partial charge in [0.25, 0.3) is 11.1 Å². The van der Waals surface area contributed by atoms with Gasteiger partial charge < -0.3 is 78.0 Å². The highest BCUT2D eigenvalue weighted by molar-refractivity contribution is 7.71. The van der Waals surface area contributed by atoms with Crippen molar-refractivity contribution >= 4 is 126 Å². The summed E-state index contributed by atoms with van der Waals surface area (Å²) in [4.78, 5) is 121. The average Bonchev–Trinajstić information content (AvgIpc) is 4.26. The summed E-state index contributed by atoms with van der Waals surface area (Å²) in [5.41, 5.74) is 29.7. The molecule has 75 heavy (non-hydrogen) atoms. The Kier molecular flexibility index (Phi) is 15.2. The third-order valence-electron chi connectivity index (χ3n) is 9.40. The van der Waals surface area contributed by atoms with E-state index in [2.05, 4.69) is 145 Å². The van der Waals surface area contributed by atoms with Gasteiger partial charge in [0.1, 0.15) is 46.6 Å². The highest BCUT2D eigenvalue weighted by atomic mass is 32.1. The monoisotopic (exact) mass is 1040 g/mol. The summed E-state index contributed by atoms with van der Waals surface area (Å²) in [5.74, 6) is 2.68. The topological polar surface area (TPSA) is 543 Å². The van der Waals surface area contributed by atoms with Gasteiger partial charge in [0.2, 0.25) is 17.8 Å². The van der Waals surface area contributed by atoms with Gasteiger partial charge in [-0.3, -0.25) is 14.6 Å². The Morgan fingerprint density at radius 1 is 0.467 bits per heavy atom. The van der Waals surface area contributed by atoms with E-state index in [4.69, 9.17) is 35.2 Å². The van der Waals surface area contributed by atoms with Crippen LogP contribution in [0.2, 0.25) is 0 Å². The van der Waals surface area contributed by atoms with E-state index < -0.39 is 0 Å². The molecule has 0 atom stereocenters. The minimum absolute atomic E-state index is 0.0783. The summed E-state index contributed by atoms with van der Waals surface area (Å²) < 4.78 is 0.439. The van der Waals surface area contributed by atoms with Gasteiger partial charge in [0.05, 0.1) is 56.8 Å². The molecular formula is C38H40N34O2S. The number of nitrogens with two attached hydrogens (primary N) is 4. The van der Waals surface area contributed by atoms with Crippen LogP contribution in [0.25, 0.3) is 78.1 Å². The van der Waals surface area contributed by atoms with E-state index in [0.717, 1.165) is 28.2 Å². The Balaban J connectivity index is 0.000000116. The Labute approximate surface area is 419 Å². The van der Waals surface area contributed by atoms with E-state index in [0.29, 0.717) is 72.1 Å². The lowest BCUT2D eigenvalue weighted by Crippen LogP contribution is -2.11. The molecule has 14 heterocycles. The van der Waals surface area contributed by atoms with Crippen molar-refractivity contribution in [1.29, 1.82) is 0 Å². The summed E-state index contributed by atoms with van der Waals surface area (Å²) in [6.45, 7) is 0. The van der Waals surface area contributed by atoms with E-state index in [1.54, 1.807) is 25.2 Å². The smallest absolute Gasteiger partial charge is 0.278 e. The molecule has 0 saturated heterocycles. The van der Waals surface area contributed by atoms with Crippen molar-refractivity contribution in [2.75, 3.05) is 54.3 Å². The molecular weight excluding hydrogens is 997 g/mol. The van der Waals surface area contributed by atoms with E-state index in [9.17, 15) is 9.59 Å². The van der Waals surface area contributed by atoms with Gasteiger partial charge >= 0.3 is 0 Å². The van der Waals surface area contributed by atoms with Crippen LogP contribution in [0, 0.1) is 4.64 Å². The minimum atomic E-state index is -0.301. The van der Waals surface area contributed by atoms with Gasteiger partial charge in [-0.2, -0.15) is 9.97 Å². The summed E-state index contributed by atoms with van der Waals surface area (Å²) in [7, 11) is 5.67. The van der Waals surface area contributed by atoms with Gasteiger partial charge in [-0.05, 0) is 0 Å². The number of anilines is 6. The molecule has 0 amide bonds. The standard InChI is InChI=1S/C7H9N5.C6H7N5.C5H5N5O.C5H5N5S.2C5H5N5.C5H4N4O/c1-12(2)7-5-6(9-3-8-5)10-4-11-7;1-7-5-4-6(10-2-8-4)11-3-9-5;2*6-5-9-3-2(4(11)10-5)7-1-8-3;6-4-3-5(9-1-7-3)10-2-8-4;6-5-7-1-3-4(10-5)9-2-8-3;10-5-3-4(7-1-6-3)8-2-9-5/h3-4H,1-2H3,(H,8,9,10,11);2-3H,1H3,(H2,7,8,9,10,11);2*1H,(H4,6,7,8,9,10,11);2*1-2H,(H3,6,7,8,9,10);1-2H,(H2,6,7,8,9,10). The Morgan fingerprint density at radius 3 is 1.64 bits per heavy atom. The van der Waals surface area contributed by atoms with E-state index in [1.165, 1.54) is 50.6 Å². The van der Waals surface area contributed by atoms with Gasteiger partial charge in [0, 0.05) is 21.1 Å². The van der Waals surface area contributed by atoms with Crippen molar-refractivity contribution in [2.24, 2.45) is 0 Å². The number of nitrogens with zero attached hydrogens (tertiary/aromatic N) is 19. The highest BCUT2D eigenvalue weighted by Gasteiger charge is 2.07. The van der Waals surface area contributed by atoms with Crippen LogP contribution < -0.4 is 44.3 Å². The van der Waals surface area contributed by atoms with Crippen LogP contribution in [0.15, 0.2) is 85.4 Å². The lowest BCUT2D eigenvalue weighted by atomic mass is 10.5. The zero-order chi connectivity index (χ0) is 52.8. The van der Waals surface area contributed by atoms with Gasteiger partial charge in [-0.15, -0.1) is 0 Å². The molecule has 0 aliphatic heterocycles. The van der Waals surface area contributed by atoms with Gasteiger partial charge in [-0.25, -0.2) is 79.7 Å². The third kappa shape index (κ3) is 12.1. The highest BCUT2D eigenvalue weighted by Crippen LogP contribution is 2.16. The molecule has 0 fully saturated rings. The maximum atomic E-state index is 11.0. The maximum Gasteiger partial charge on any atom is 0.278 e. The van der Waals surface area contributed by atoms with Crippen LogP contribution in [-0.4, -0.2) is 161 Å². The van der Waals surface area contributed by atoms with E-state index in [1.807, 2.05) is 26.0 Å². The van der Waals surface area contributed by atoms with Crippen molar-refractivity contribution < 1.29 is 0 Å².